The summed E-state index contributed by atoms with van der Waals surface area (Å²) in [5.74, 6) is -2.18. The van der Waals surface area contributed by atoms with Gasteiger partial charge in [0.15, 0.2) is 0 Å². The number of nitrogens with zero attached hydrogens (tertiary/aromatic N) is 3. The second-order valence-corrected chi connectivity index (χ2v) is 9.55. The summed E-state index contributed by atoms with van der Waals surface area (Å²) in [6, 6.07) is 8.53. The number of ketones is 1. The lowest BCUT2D eigenvalue weighted by Gasteiger charge is -2.50. The van der Waals surface area contributed by atoms with E-state index in [0.29, 0.717) is 49.3 Å². The molecule has 0 saturated carbocycles. The first kappa shape index (κ1) is 28.1. The highest BCUT2D eigenvalue weighted by atomic mass is 19.4. The first-order valence-electron chi connectivity index (χ1n) is 12.0. The van der Waals surface area contributed by atoms with Crippen LogP contribution in [0.4, 0.5) is 26.3 Å². The van der Waals surface area contributed by atoms with Crippen LogP contribution in [0.2, 0.25) is 0 Å². The zero-order valence-electron chi connectivity index (χ0n) is 20.5. The number of hydrogen-bond acceptors (Lipinski definition) is 5. The molecule has 0 radical (unpaired) electrons. The third-order valence-corrected chi connectivity index (χ3v) is 7.36. The van der Waals surface area contributed by atoms with Gasteiger partial charge in [0.05, 0.1) is 17.8 Å². The Labute approximate surface area is 214 Å². The number of alkyl halides is 6. The molecule has 7 nitrogen and oxygen atoms in total. The average molecular weight is 547 g/mol. The molecule has 2 aliphatic rings. The Kier molecular flexibility index (Phi) is 7.65. The molecular weight excluding hydrogens is 520 g/mol. The molecule has 38 heavy (non-hydrogen) atoms. The molecule has 1 unspecified atom stereocenters. The summed E-state index contributed by atoms with van der Waals surface area (Å²) in [6.07, 6.45) is -9.83. The van der Waals surface area contributed by atoms with Gasteiger partial charge < -0.3 is 19.3 Å². The van der Waals surface area contributed by atoms with Crippen LogP contribution in [0.1, 0.15) is 51.0 Å². The molecule has 1 aromatic heterocycles. The second-order valence-electron chi connectivity index (χ2n) is 9.55. The Balaban J connectivity index is 1.46. The fourth-order valence-corrected chi connectivity index (χ4v) is 5.31. The standard InChI is InChI=1S/C25H27F6N3O4/c1-32-12-13-34-18(21(36)25(29,30)31)6-7-20(34)23(32)8-10-33(11-9-23)22(37)17-4-2-16(3-5-17)19(14-35)38-15-24(26,27)28/h2-7,19,35H,8-15H2,1H3. The second kappa shape index (κ2) is 10.3. The van der Waals surface area contributed by atoms with Crippen molar-refractivity contribution in [1.82, 2.24) is 14.4 Å². The minimum absolute atomic E-state index is 0.244. The number of rotatable bonds is 6. The van der Waals surface area contributed by atoms with E-state index >= 15 is 0 Å². The lowest BCUT2D eigenvalue weighted by molar-refractivity contribution is -0.189. The molecule has 1 atom stereocenters. The molecule has 3 heterocycles. The Morgan fingerprint density at radius 3 is 2.16 bits per heavy atom. The highest BCUT2D eigenvalue weighted by molar-refractivity contribution is 5.99. The van der Waals surface area contributed by atoms with Crippen molar-refractivity contribution in [2.24, 2.45) is 0 Å². The van der Waals surface area contributed by atoms with E-state index in [2.05, 4.69) is 4.90 Å². The number of hydrogen-bond donors (Lipinski definition) is 1. The SMILES string of the molecule is CN1CCn2c(C(=O)C(F)(F)F)ccc2C12CCN(C(=O)c1ccc(C(CO)OCC(F)(F)F)cc1)CC2. The summed E-state index contributed by atoms with van der Waals surface area (Å²) in [5.41, 5.74) is 0.186. The van der Waals surface area contributed by atoms with Crippen LogP contribution in [-0.2, 0) is 16.8 Å². The number of ether oxygens (including phenoxy) is 1. The zero-order valence-corrected chi connectivity index (χ0v) is 20.5. The van der Waals surface area contributed by atoms with Crippen molar-refractivity contribution < 1.29 is 45.8 Å². The number of aliphatic hydroxyl groups excluding tert-OH is 1. The summed E-state index contributed by atoms with van der Waals surface area (Å²) in [6.45, 7) is -0.869. The molecule has 1 spiro atoms. The quantitative estimate of drug-likeness (QED) is 0.439. The van der Waals surface area contributed by atoms with E-state index in [-0.39, 0.29) is 18.1 Å². The van der Waals surface area contributed by atoms with Gasteiger partial charge in [-0.2, -0.15) is 26.3 Å². The molecule has 0 bridgehead atoms. The molecular formula is C25H27F6N3O4. The van der Waals surface area contributed by atoms with Crippen molar-refractivity contribution in [2.45, 2.75) is 43.4 Å². The van der Waals surface area contributed by atoms with Crippen molar-refractivity contribution in [3.63, 3.8) is 0 Å². The van der Waals surface area contributed by atoms with Gasteiger partial charge in [0.1, 0.15) is 12.7 Å². The number of amides is 1. The summed E-state index contributed by atoms with van der Waals surface area (Å²) in [5, 5.41) is 9.39. The molecule has 2 aliphatic heterocycles. The third-order valence-electron chi connectivity index (χ3n) is 7.36. The van der Waals surface area contributed by atoms with Crippen LogP contribution in [0, 0.1) is 0 Å². The number of aliphatic hydroxyl groups is 1. The Morgan fingerprint density at radius 2 is 1.61 bits per heavy atom. The maximum Gasteiger partial charge on any atom is 0.456 e. The molecule has 1 saturated heterocycles. The summed E-state index contributed by atoms with van der Waals surface area (Å²) in [4.78, 5) is 28.7. The number of aromatic nitrogens is 1. The van der Waals surface area contributed by atoms with E-state index in [1.165, 1.54) is 34.9 Å². The lowest BCUT2D eigenvalue weighted by Crippen LogP contribution is -2.56. The first-order chi connectivity index (χ1) is 17.8. The fraction of sp³-hybridized carbons (Fsp3) is 0.520. The van der Waals surface area contributed by atoms with Gasteiger partial charge in [-0.3, -0.25) is 14.5 Å². The zero-order chi connectivity index (χ0) is 27.9. The molecule has 2 aromatic rings. The third kappa shape index (κ3) is 5.45. The van der Waals surface area contributed by atoms with Crippen molar-refractivity contribution in [1.29, 1.82) is 0 Å². The number of piperidine rings is 1. The predicted octanol–water partition coefficient (Wildman–Crippen LogP) is 3.92. The maximum absolute atomic E-state index is 13.1. The Morgan fingerprint density at radius 1 is 0.974 bits per heavy atom. The Bertz CT molecular complexity index is 1170. The van der Waals surface area contributed by atoms with Crippen LogP contribution >= 0.6 is 0 Å². The van der Waals surface area contributed by atoms with Crippen LogP contribution in [0.15, 0.2) is 36.4 Å². The topological polar surface area (TPSA) is 75.0 Å². The number of likely N-dealkylation sites (tertiary alicyclic amines) is 1. The fourth-order valence-electron chi connectivity index (χ4n) is 5.31. The van der Waals surface area contributed by atoms with E-state index in [1.54, 1.807) is 11.0 Å². The molecule has 13 heteroatoms. The van der Waals surface area contributed by atoms with Gasteiger partial charge in [0.25, 0.3) is 11.7 Å². The van der Waals surface area contributed by atoms with Crippen LogP contribution in [0.25, 0.3) is 0 Å². The van der Waals surface area contributed by atoms with Crippen molar-refractivity contribution in [3.05, 3.63) is 58.9 Å². The van der Waals surface area contributed by atoms with E-state index in [0.717, 1.165) is 0 Å². The molecule has 208 valence electrons. The van der Waals surface area contributed by atoms with Crippen LogP contribution in [0.5, 0.6) is 0 Å². The predicted molar refractivity (Wildman–Crippen MR) is 123 cm³/mol. The van der Waals surface area contributed by atoms with E-state index in [4.69, 9.17) is 4.74 Å². The first-order valence-corrected chi connectivity index (χ1v) is 12.0. The minimum atomic E-state index is -4.97. The van der Waals surface area contributed by atoms with Gasteiger partial charge in [-0.1, -0.05) is 12.1 Å². The van der Waals surface area contributed by atoms with Crippen LogP contribution < -0.4 is 0 Å². The summed E-state index contributed by atoms with van der Waals surface area (Å²) >= 11 is 0. The smallest absolute Gasteiger partial charge is 0.393 e. The summed E-state index contributed by atoms with van der Waals surface area (Å²) in [7, 11) is 1.87. The average Bonchev–Trinajstić information content (AvgIpc) is 3.30. The molecule has 1 fully saturated rings. The van der Waals surface area contributed by atoms with Crippen molar-refractivity contribution in [3.8, 4) is 0 Å². The van der Waals surface area contributed by atoms with Crippen LogP contribution in [-0.4, -0.2) is 83.4 Å². The number of halogens is 6. The van der Waals surface area contributed by atoms with Crippen LogP contribution in [0.3, 0.4) is 0 Å². The van der Waals surface area contributed by atoms with Gasteiger partial charge in [-0.25, -0.2) is 0 Å². The number of benzene rings is 1. The number of carbonyl (C=O) groups excluding carboxylic acids is 2. The largest absolute Gasteiger partial charge is 0.456 e. The van der Waals surface area contributed by atoms with Crippen molar-refractivity contribution in [2.75, 3.05) is 39.9 Å². The molecule has 0 aliphatic carbocycles. The normalized spacial score (nSPS) is 18.9. The Hall–Kier alpha value is -2.90. The molecule has 1 N–H and O–H groups in total. The van der Waals surface area contributed by atoms with Crippen molar-refractivity contribution >= 4 is 11.7 Å². The van der Waals surface area contributed by atoms with Gasteiger partial charge in [-0.15, -0.1) is 0 Å². The molecule has 1 aromatic carbocycles. The maximum atomic E-state index is 13.1. The van der Waals surface area contributed by atoms with E-state index < -0.39 is 43.0 Å². The minimum Gasteiger partial charge on any atom is -0.393 e. The van der Waals surface area contributed by atoms with E-state index in [9.17, 15) is 41.0 Å². The van der Waals surface area contributed by atoms with Gasteiger partial charge in [-0.05, 0) is 49.7 Å². The van der Waals surface area contributed by atoms with Gasteiger partial charge in [0, 0.05) is 37.4 Å². The molecule has 1 amide bonds. The molecule has 4 rings (SSSR count). The number of carbonyl (C=O) groups is 2. The van der Waals surface area contributed by atoms with Gasteiger partial charge >= 0.3 is 12.4 Å². The monoisotopic (exact) mass is 547 g/mol. The summed E-state index contributed by atoms with van der Waals surface area (Å²) < 4.78 is 82.8. The highest BCUT2D eigenvalue weighted by Gasteiger charge is 2.48. The van der Waals surface area contributed by atoms with Gasteiger partial charge in [0.2, 0.25) is 0 Å². The number of fused-ring (bicyclic) bond motifs is 2. The van der Waals surface area contributed by atoms with E-state index in [1.807, 2.05) is 7.05 Å². The highest BCUT2D eigenvalue weighted by Crippen LogP contribution is 2.42. The number of Topliss-reactive ketones (excluding diaryl/α,β-unsaturated/α-hetero) is 1. The number of likely N-dealkylation sites (N-methyl/N-ethyl adjacent to an activating group) is 1. The lowest BCUT2D eigenvalue weighted by atomic mass is 9.81.